The third kappa shape index (κ3) is 4.43. The number of nitrogens with one attached hydrogen (secondary N) is 2. The maximum Gasteiger partial charge on any atom is 0.255 e. The van der Waals surface area contributed by atoms with Gasteiger partial charge in [0, 0.05) is 17.4 Å². The van der Waals surface area contributed by atoms with Crippen LogP contribution in [0.1, 0.15) is 28.9 Å². The number of fused-ring (bicyclic) bond motifs is 1. The molecule has 2 aromatic heterocycles. The average Bonchev–Trinajstić information content (AvgIpc) is 3.29. The first kappa shape index (κ1) is 20.4. The van der Waals surface area contributed by atoms with E-state index in [-0.39, 0.29) is 11.9 Å². The van der Waals surface area contributed by atoms with Crippen LogP contribution in [0, 0.1) is 0 Å². The predicted molar refractivity (Wildman–Crippen MR) is 130 cm³/mol. The van der Waals surface area contributed by atoms with Crippen LogP contribution in [0.2, 0.25) is 0 Å². The summed E-state index contributed by atoms with van der Waals surface area (Å²) in [5.41, 5.74) is 4.00. The van der Waals surface area contributed by atoms with Gasteiger partial charge in [0.05, 0.1) is 17.1 Å². The van der Waals surface area contributed by atoms with Crippen LogP contribution in [-0.4, -0.2) is 25.4 Å². The summed E-state index contributed by atoms with van der Waals surface area (Å²) in [4.78, 5) is 26.3. The number of aromatic nitrogens is 4. The minimum Gasteiger partial charge on any atom is -0.348 e. The van der Waals surface area contributed by atoms with Crippen LogP contribution < -0.4 is 10.6 Å². The van der Waals surface area contributed by atoms with E-state index in [9.17, 15) is 4.79 Å². The Morgan fingerprint density at radius 3 is 2.45 bits per heavy atom. The molecule has 0 fully saturated rings. The number of para-hydroxylation sites is 1. The summed E-state index contributed by atoms with van der Waals surface area (Å²) >= 11 is 0. The Balaban J connectivity index is 1.42. The Morgan fingerprint density at radius 1 is 0.909 bits per heavy atom. The van der Waals surface area contributed by atoms with E-state index in [4.69, 9.17) is 0 Å². The van der Waals surface area contributed by atoms with Gasteiger partial charge in [-0.05, 0) is 48.9 Å². The summed E-state index contributed by atoms with van der Waals surface area (Å²) in [5.74, 6) is 0.997. The number of carbonyl (C=O) groups is 1. The van der Waals surface area contributed by atoms with Crippen LogP contribution in [-0.2, 0) is 0 Å². The molecule has 0 spiro atoms. The van der Waals surface area contributed by atoms with Crippen molar-refractivity contribution in [3.63, 3.8) is 0 Å². The van der Waals surface area contributed by atoms with Gasteiger partial charge in [-0.2, -0.15) is 4.98 Å². The number of anilines is 2. The zero-order valence-corrected chi connectivity index (χ0v) is 18.0. The molecule has 33 heavy (non-hydrogen) atoms. The Hall–Kier alpha value is -4.52. The van der Waals surface area contributed by atoms with E-state index in [0.717, 1.165) is 22.3 Å². The first-order chi connectivity index (χ1) is 16.2. The molecule has 0 aliphatic heterocycles. The van der Waals surface area contributed by atoms with Crippen molar-refractivity contribution in [1.82, 2.24) is 19.5 Å². The molecule has 0 aliphatic carbocycles. The van der Waals surface area contributed by atoms with E-state index in [1.807, 2.05) is 71.3 Å². The van der Waals surface area contributed by atoms with Gasteiger partial charge in [0.2, 0.25) is 5.95 Å². The molecule has 1 atom stereocenters. The van der Waals surface area contributed by atoms with Crippen molar-refractivity contribution >= 4 is 28.6 Å². The molecule has 7 heteroatoms. The molecule has 0 aliphatic rings. The van der Waals surface area contributed by atoms with Crippen molar-refractivity contribution in [3.8, 4) is 5.82 Å². The molecule has 2 N–H and O–H groups in total. The molecule has 5 rings (SSSR count). The van der Waals surface area contributed by atoms with Crippen molar-refractivity contribution < 1.29 is 4.79 Å². The first-order valence-electron chi connectivity index (χ1n) is 10.7. The topological polar surface area (TPSA) is 84.7 Å². The summed E-state index contributed by atoms with van der Waals surface area (Å²) in [6.45, 7) is 2.07. The molecule has 0 bridgehead atoms. The van der Waals surface area contributed by atoms with E-state index >= 15 is 0 Å². The molecule has 0 radical (unpaired) electrons. The second kappa shape index (κ2) is 8.92. The SMILES string of the molecule is CC(Nc1nccc(-n2cnc3ccc(C(=O)Nc4ccccc4)cc32)n1)c1ccccc1. The van der Waals surface area contributed by atoms with Crippen LogP contribution in [0.3, 0.4) is 0 Å². The van der Waals surface area contributed by atoms with Gasteiger partial charge in [0.25, 0.3) is 5.91 Å². The second-order valence-electron chi connectivity index (χ2n) is 7.65. The minimum absolute atomic E-state index is 0.0502. The zero-order valence-electron chi connectivity index (χ0n) is 18.0. The maximum atomic E-state index is 12.8. The normalized spacial score (nSPS) is 11.8. The van der Waals surface area contributed by atoms with Gasteiger partial charge in [-0.15, -0.1) is 0 Å². The fraction of sp³-hybridized carbons (Fsp3) is 0.0769. The van der Waals surface area contributed by atoms with Crippen molar-refractivity contribution in [2.45, 2.75) is 13.0 Å². The highest BCUT2D eigenvalue weighted by Crippen LogP contribution is 2.21. The standard InChI is InChI=1S/C26H22N6O/c1-18(19-8-4-2-5-9-19)29-26-27-15-14-24(31-26)32-17-28-22-13-12-20(16-23(22)32)25(33)30-21-10-6-3-7-11-21/h2-18H,1H3,(H,30,33)(H,27,29,31). The summed E-state index contributed by atoms with van der Waals surface area (Å²) in [5, 5.41) is 6.26. The molecule has 1 amide bonds. The van der Waals surface area contributed by atoms with Gasteiger partial charge in [-0.25, -0.2) is 9.97 Å². The van der Waals surface area contributed by atoms with Gasteiger partial charge >= 0.3 is 0 Å². The molecular formula is C26H22N6O. The lowest BCUT2D eigenvalue weighted by atomic mass is 10.1. The Bertz CT molecular complexity index is 1400. The van der Waals surface area contributed by atoms with Gasteiger partial charge < -0.3 is 10.6 Å². The molecule has 5 aromatic rings. The van der Waals surface area contributed by atoms with Crippen LogP contribution in [0.15, 0.2) is 97.5 Å². The molecule has 1 unspecified atom stereocenters. The lowest BCUT2D eigenvalue weighted by Gasteiger charge is -2.14. The van der Waals surface area contributed by atoms with Crippen molar-refractivity contribution in [2.75, 3.05) is 10.6 Å². The quantitative estimate of drug-likeness (QED) is 0.382. The molecule has 2 heterocycles. The zero-order chi connectivity index (χ0) is 22.6. The monoisotopic (exact) mass is 434 g/mol. The Kier molecular flexibility index (Phi) is 5.51. The van der Waals surface area contributed by atoms with E-state index in [1.165, 1.54) is 0 Å². The molecule has 162 valence electrons. The van der Waals surface area contributed by atoms with Crippen molar-refractivity contribution in [3.05, 3.63) is 109 Å². The third-order valence-corrected chi connectivity index (χ3v) is 5.37. The molecule has 0 saturated carbocycles. The van der Waals surface area contributed by atoms with Crippen LogP contribution in [0.4, 0.5) is 11.6 Å². The van der Waals surface area contributed by atoms with Gasteiger partial charge in [-0.3, -0.25) is 9.36 Å². The molecule has 7 nitrogen and oxygen atoms in total. The maximum absolute atomic E-state index is 12.8. The van der Waals surface area contributed by atoms with Crippen molar-refractivity contribution in [2.24, 2.45) is 0 Å². The number of amides is 1. The predicted octanol–water partition coefficient (Wildman–Crippen LogP) is 5.24. The van der Waals surface area contributed by atoms with Crippen LogP contribution in [0.5, 0.6) is 0 Å². The largest absolute Gasteiger partial charge is 0.348 e. The number of hydrogen-bond acceptors (Lipinski definition) is 5. The lowest BCUT2D eigenvalue weighted by Crippen LogP contribution is -2.12. The highest BCUT2D eigenvalue weighted by atomic mass is 16.1. The smallest absolute Gasteiger partial charge is 0.255 e. The molecular weight excluding hydrogens is 412 g/mol. The number of nitrogens with zero attached hydrogens (tertiary/aromatic N) is 4. The van der Waals surface area contributed by atoms with Gasteiger partial charge in [0.1, 0.15) is 12.1 Å². The van der Waals surface area contributed by atoms with E-state index in [1.54, 1.807) is 18.6 Å². The highest BCUT2D eigenvalue weighted by Gasteiger charge is 2.13. The van der Waals surface area contributed by atoms with Gasteiger partial charge in [0.15, 0.2) is 0 Å². The number of carbonyl (C=O) groups excluding carboxylic acids is 1. The fourth-order valence-electron chi connectivity index (χ4n) is 3.63. The summed E-state index contributed by atoms with van der Waals surface area (Å²) in [7, 11) is 0. The number of rotatable bonds is 6. The summed E-state index contributed by atoms with van der Waals surface area (Å²) in [6, 6.07) is 26.8. The summed E-state index contributed by atoms with van der Waals surface area (Å²) in [6.07, 6.45) is 3.41. The van der Waals surface area contributed by atoms with E-state index in [2.05, 4.69) is 44.6 Å². The van der Waals surface area contributed by atoms with Crippen LogP contribution >= 0.6 is 0 Å². The lowest BCUT2D eigenvalue weighted by molar-refractivity contribution is 0.102. The van der Waals surface area contributed by atoms with E-state index < -0.39 is 0 Å². The number of imidazole rings is 1. The second-order valence-corrected chi connectivity index (χ2v) is 7.65. The van der Waals surface area contributed by atoms with Crippen molar-refractivity contribution in [1.29, 1.82) is 0 Å². The summed E-state index contributed by atoms with van der Waals surface area (Å²) < 4.78 is 1.86. The number of hydrogen-bond donors (Lipinski definition) is 2. The molecule has 3 aromatic carbocycles. The Morgan fingerprint density at radius 2 is 1.67 bits per heavy atom. The Labute approximate surface area is 191 Å². The van der Waals surface area contributed by atoms with Crippen LogP contribution in [0.25, 0.3) is 16.9 Å². The minimum atomic E-state index is -0.183. The van der Waals surface area contributed by atoms with Gasteiger partial charge in [-0.1, -0.05) is 48.5 Å². The fourth-order valence-corrected chi connectivity index (χ4v) is 3.63. The number of benzene rings is 3. The third-order valence-electron chi connectivity index (χ3n) is 5.37. The highest BCUT2D eigenvalue weighted by molar-refractivity contribution is 6.06. The first-order valence-corrected chi connectivity index (χ1v) is 10.7. The van der Waals surface area contributed by atoms with E-state index in [0.29, 0.717) is 17.3 Å². The molecule has 0 saturated heterocycles. The average molecular weight is 435 g/mol.